The van der Waals surface area contributed by atoms with Gasteiger partial charge >= 0.3 is 5.69 Å². The molecular formula is C20H18ClN5O3S. The van der Waals surface area contributed by atoms with Gasteiger partial charge in [0.1, 0.15) is 12.4 Å². The molecule has 0 amide bonds. The highest BCUT2D eigenvalue weighted by molar-refractivity contribution is 7.11. The second-order valence-electron chi connectivity index (χ2n) is 6.50. The van der Waals surface area contributed by atoms with E-state index in [1.54, 1.807) is 32.4 Å². The van der Waals surface area contributed by atoms with Crippen LogP contribution in [0.4, 0.5) is 0 Å². The molecule has 0 spiro atoms. The molecule has 2 aromatic carbocycles. The lowest BCUT2D eigenvalue weighted by Crippen LogP contribution is -2.23. The zero-order chi connectivity index (χ0) is 21.3. The molecule has 0 atom stereocenters. The fourth-order valence-electron chi connectivity index (χ4n) is 3.00. The van der Waals surface area contributed by atoms with E-state index in [4.69, 9.17) is 21.1 Å². The zero-order valence-corrected chi connectivity index (χ0v) is 18.1. The second-order valence-corrected chi connectivity index (χ2v) is 7.76. The number of methoxy groups -OCH3 is 1. The lowest BCUT2D eigenvalue weighted by molar-refractivity contribution is 0.303. The number of thiazole rings is 1. The summed E-state index contributed by atoms with van der Waals surface area (Å²) in [7, 11) is 3.16. The first kappa shape index (κ1) is 20.1. The molecule has 10 heteroatoms. The van der Waals surface area contributed by atoms with Gasteiger partial charge in [0, 0.05) is 28.6 Å². The third kappa shape index (κ3) is 3.81. The van der Waals surface area contributed by atoms with Gasteiger partial charge in [-0.25, -0.2) is 9.78 Å². The average Bonchev–Trinajstić information content (AvgIpc) is 3.34. The van der Waals surface area contributed by atoms with Gasteiger partial charge < -0.3 is 9.47 Å². The predicted molar refractivity (Wildman–Crippen MR) is 115 cm³/mol. The van der Waals surface area contributed by atoms with E-state index in [-0.39, 0.29) is 12.3 Å². The van der Waals surface area contributed by atoms with E-state index >= 15 is 0 Å². The molecule has 0 saturated heterocycles. The van der Waals surface area contributed by atoms with Crippen LogP contribution in [0.3, 0.4) is 0 Å². The monoisotopic (exact) mass is 443 g/mol. The number of hydrogen-bond acceptors (Lipinski definition) is 7. The van der Waals surface area contributed by atoms with Gasteiger partial charge in [-0.2, -0.15) is 9.36 Å². The molecule has 0 saturated carbocycles. The lowest BCUT2D eigenvalue weighted by atomic mass is 10.1. The van der Waals surface area contributed by atoms with Gasteiger partial charge in [-0.1, -0.05) is 35.1 Å². The Balaban J connectivity index is 1.61. The summed E-state index contributed by atoms with van der Waals surface area (Å²) in [4.78, 5) is 16.8. The van der Waals surface area contributed by atoms with Crippen molar-refractivity contribution in [2.75, 3.05) is 7.11 Å². The third-order valence-corrected chi connectivity index (χ3v) is 5.58. The van der Waals surface area contributed by atoms with Crippen molar-refractivity contribution in [1.29, 1.82) is 0 Å². The smallest absolute Gasteiger partial charge is 0.368 e. The highest BCUT2D eigenvalue weighted by atomic mass is 35.5. The van der Waals surface area contributed by atoms with Crippen molar-refractivity contribution in [1.82, 2.24) is 24.8 Å². The number of benzene rings is 2. The van der Waals surface area contributed by atoms with E-state index in [1.807, 2.05) is 30.5 Å². The maximum Gasteiger partial charge on any atom is 0.368 e. The molecule has 30 heavy (non-hydrogen) atoms. The third-order valence-electron chi connectivity index (χ3n) is 4.60. The normalized spacial score (nSPS) is 10.9. The zero-order valence-electron chi connectivity index (χ0n) is 16.5. The predicted octanol–water partition coefficient (Wildman–Crippen LogP) is 3.64. The summed E-state index contributed by atoms with van der Waals surface area (Å²) >= 11 is 7.50. The minimum absolute atomic E-state index is 0.227. The molecule has 154 valence electrons. The van der Waals surface area contributed by atoms with E-state index in [9.17, 15) is 4.79 Å². The molecule has 0 radical (unpaired) electrons. The molecule has 0 aliphatic heterocycles. The van der Waals surface area contributed by atoms with Crippen LogP contribution >= 0.6 is 22.9 Å². The Hall–Kier alpha value is -3.17. The summed E-state index contributed by atoms with van der Waals surface area (Å²) in [6.45, 7) is 2.18. The van der Waals surface area contributed by atoms with Crippen molar-refractivity contribution in [3.8, 4) is 27.9 Å². The Morgan fingerprint density at radius 1 is 1.20 bits per heavy atom. The standard InChI is InChI=1S/C20H18ClN5O3S/c1-12-5-4-6-17(26-20(27)25(2)23-24-26)15(12)10-29-19-22-16(11-30-19)14-9-13(21)7-8-18(14)28-3/h4-9,11H,10H2,1-3H3. The van der Waals surface area contributed by atoms with Crippen LogP contribution in [-0.4, -0.2) is 31.9 Å². The van der Waals surface area contributed by atoms with Crippen LogP contribution in [0.1, 0.15) is 11.1 Å². The number of rotatable bonds is 6. The van der Waals surface area contributed by atoms with Gasteiger partial charge in [-0.15, -0.1) is 0 Å². The van der Waals surface area contributed by atoms with Crippen molar-refractivity contribution in [2.24, 2.45) is 7.05 Å². The number of halogens is 1. The molecule has 4 rings (SSSR count). The lowest BCUT2D eigenvalue weighted by Gasteiger charge is -2.11. The molecule has 0 unspecified atom stereocenters. The number of hydrogen-bond donors (Lipinski definition) is 0. The van der Waals surface area contributed by atoms with Gasteiger partial charge in [0.2, 0.25) is 0 Å². The fraction of sp³-hybridized carbons (Fsp3) is 0.200. The molecule has 0 fully saturated rings. The van der Waals surface area contributed by atoms with Crippen LogP contribution in [0, 0.1) is 6.92 Å². The molecule has 2 aromatic heterocycles. The van der Waals surface area contributed by atoms with Gasteiger partial charge in [-0.3, -0.25) is 0 Å². The Kier molecular flexibility index (Phi) is 5.56. The van der Waals surface area contributed by atoms with Crippen LogP contribution in [0.25, 0.3) is 16.9 Å². The Labute approximate surface area is 181 Å². The number of aryl methyl sites for hydroxylation is 2. The topological polar surface area (TPSA) is 84.1 Å². The number of tetrazole rings is 1. The number of ether oxygens (including phenoxy) is 2. The van der Waals surface area contributed by atoms with Crippen LogP contribution in [0.2, 0.25) is 5.02 Å². The first-order chi connectivity index (χ1) is 14.5. The van der Waals surface area contributed by atoms with Crippen LogP contribution in [-0.2, 0) is 13.7 Å². The molecular weight excluding hydrogens is 426 g/mol. The molecule has 0 N–H and O–H groups in total. The summed E-state index contributed by atoms with van der Waals surface area (Å²) in [6, 6.07) is 11.0. The van der Waals surface area contributed by atoms with Crippen molar-refractivity contribution in [3.63, 3.8) is 0 Å². The molecule has 8 nitrogen and oxygen atoms in total. The van der Waals surface area contributed by atoms with E-state index in [2.05, 4.69) is 15.4 Å². The highest BCUT2D eigenvalue weighted by Crippen LogP contribution is 2.35. The Morgan fingerprint density at radius 3 is 2.77 bits per heavy atom. The van der Waals surface area contributed by atoms with Gasteiger partial charge in [0.15, 0.2) is 0 Å². The first-order valence-electron chi connectivity index (χ1n) is 8.98. The quantitative estimate of drug-likeness (QED) is 0.452. The summed E-state index contributed by atoms with van der Waals surface area (Å²) in [5.41, 5.74) is 3.60. The largest absolute Gasteiger partial charge is 0.496 e. The van der Waals surface area contributed by atoms with Crippen molar-refractivity contribution in [2.45, 2.75) is 13.5 Å². The number of nitrogens with zero attached hydrogens (tertiary/aromatic N) is 5. The van der Waals surface area contributed by atoms with Crippen molar-refractivity contribution < 1.29 is 9.47 Å². The minimum Gasteiger partial charge on any atom is -0.496 e. The van der Waals surface area contributed by atoms with E-state index in [1.165, 1.54) is 20.7 Å². The molecule has 4 aromatic rings. The molecule has 0 aliphatic carbocycles. The summed E-state index contributed by atoms with van der Waals surface area (Å²) in [5, 5.41) is 10.7. The van der Waals surface area contributed by atoms with Crippen LogP contribution in [0.15, 0.2) is 46.6 Å². The molecule has 0 aliphatic rings. The fourth-order valence-corrected chi connectivity index (χ4v) is 3.84. The number of aromatic nitrogens is 5. The average molecular weight is 444 g/mol. The molecule has 2 heterocycles. The summed E-state index contributed by atoms with van der Waals surface area (Å²) < 4.78 is 13.8. The van der Waals surface area contributed by atoms with Crippen molar-refractivity contribution in [3.05, 3.63) is 68.4 Å². The summed E-state index contributed by atoms with van der Waals surface area (Å²) in [5.74, 6) is 0.680. The second kappa shape index (κ2) is 8.29. The van der Waals surface area contributed by atoms with Gasteiger partial charge in [-0.05, 0) is 47.2 Å². The maximum atomic E-state index is 12.3. The Bertz CT molecular complexity index is 1260. The molecule has 0 bridgehead atoms. The van der Waals surface area contributed by atoms with E-state index in [0.717, 1.165) is 16.7 Å². The van der Waals surface area contributed by atoms with Crippen LogP contribution < -0.4 is 15.2 Å². The summed E-state index contributed by atoms with van der Waals surface area (Å²) in [6.07, 6.45) is 0. The van der Waals surface area contributed by atoms with E-state index < -0.39 is 0 Å². The van der Waals surface area contributed by atoms with E-state index in [0.29, 0.717) is 27.3 Å². The highest BCUT2D eigenvalue weighted by Gasteiger charge is 2.15. The SMILES string of the molecule is COc1ccc(Cl)cc1-c1csc(OCc2c(C)cccc2-n2nnn(C)c2=O)n1. The van der Waals surface area contributed by atoms with Gasteiger partial charge in [0.25, 0.3) is 5.19 Å². The van der Waals surface area contributed by atoms with Gasteiger partial charge in [0.05, 0.1) is 18.5 Å². The maximum absolute atomic E-state index is 12.3. The Morgan fingerprint density at radius 2 is 2.03 bits per heavy atom. The van der Waals surface area contributed by atoms with Crippen molar-refractivity contribution >= 4 is 22.9 Å². The first-order valence-corrected chi connectivity index (χ1v) is 10.2. The minimum atomic E-state index is -0.327. The van der Waals surface area contributed by atoms with Crippen LogP contribution in [0.5, 0.6) is 10.9 Å².